The van der Waals surface area contributed by atoms with Gasteiger partial charge in [-0.3, -0.25) is 4.79 Å². The number of alkyl halides is 3. The molecule has 1 heterocycles. The highest BCUT2D eigenvalue weighted by Crippen LogP contribution is 2.33. The van der Waals surface area contributed by atoms with E-state index in [4.69, 9.17) is 4.74 Å². The Balaban J connectivity index is 1.39. The van der Waals surface area contributed by atoms with Crippen molar-refractivity contribution in [1.82, 2.24) is 4.98 Å². The summed E-state index contributed by atoms with van der Waals surface area (Å²) in [5.74, 6) is -1.88. The lowest BCUT2D eigenvalue weighted by atomic mass is 10.2. The van der Waals surface area contributed by atoms with E-state index in [1.165, 1.54) is 30.5 Å². The fraction of sp³-hybridized carbons (Fsp3) is 0.174. The first-order valence-electron chi connectivity index (χ1n) is 10.3. The molecule has 1 aromatic heterocycles. The lowest BCUT2D eigenvalue weighted by Crippen LogP contribution is -2.20. The van der Waals surface area contributed by atoms with Crippen LogP contribution in [-0.4, -0.2) is 16.9 Å². The number of amides is 3. The largest absolute Gasteiger partial charge is 0.457 e. The molecule has 3 aromatic rings. The van der Waals surface area contributed by atoms with Gasteiger partial charge in [-0.1, -0.05) is 0 Å². The van der Waals surface area contributed by atoms with E-state index < -0.39 is 29.4 Å². The predicted molar refractivity (Wildman–Crippen MR) is 116 cm³/mol. The zero-order valence-corrected chi connectivity index (χ0v) is 17.7. The molecule has 1 aliphatic carbocycles. The molecule has 3 N–H and O–H groups in total. The number of anilines is 3. The number of carbonyl (C=O) groups is 2. The molecule has 0 atom stereocenters. The van der Waals surface area contributed by atoms with Gasteiger partial charge in [-0.05, 0) is 49.2 Å². The second-order valence-corrected chi connectivity index (χ2v) is 7.66. The highest BCUT2D eigenvalue weighted by atomic mass is 19.4. The normalized spacial score (nSPS) is 13.2. The molecule has 4 rings (SSSR count). The number of nitrogens with zero attached hydrogens (tertiary/aromatic N) is 1. The molecule has 7 nitrogen and oxygen atoms in total. The third-order valence-corrected chi connectivity index (χ3v) is 4.88. The SMILES string of the molecule is O=C(Nc1ccc(F)c(C(F)(F)F)c1)Nc1ccc(Oc2ccnc(NC(=O)C3CC3)c2)cc1F. The number of halogens is 5. The molecule has 182 valence electrons. The predicted octanol–water partition coefficient (Wildman–Crippen LogP) is 6.16. The van der Waals surface area contributed by atoms with E-state index in [0.717, 1.165) is 25.0 Å². The summed E-state index contributed by atoms with van der Waals surface area (Å²) < 4.78 is 71.9. The topological polar surface area (TPSA) is 92.3 Å². The molecule has 0 bridgehead atoms. The van der Waals surface area contributed by atoms with Gasteiger partial charge in [0, 0.05) is 29.9 Å². The van der Waals surface area contributed by atoms with Gasteiger partial charge >= 0.3 is 12.2 Å². The fourth-order valence-electron chi connectivity index (χ4n) is 3.02. The summed E-state index contributed by atoms with van der Waals surface area (Å²) >= 11 is 0. The van der Waals surface area contributed by atoms with Crippen LogP contribution in [0.25, 0.3) is 0 Å². The highest BCUT2D eigenvalue weighted by molar-refractivity contribution is 6.00. The minimum absolute atomic E-state index is 0.0116. The van der Waals surface area contributed by atoms with Crippen LogP contribution in [0.1, 0.15) is 18.4 Å². The number of hydrogen-bond donors (Lipinski definition) is 3. The third-order valence-electron chi connectivity index (χ3n) is 4.88. The molecule has 3 amide bonds. The van der Waals surface area contributed by atoms with Crippen LogP contribution >= 0.6 is 0 Å². The van der Waals surface area contributed by atoms with Gasteiger partial charge in [0.25, 0.3) is 0 Å². The standard InChI is InChI=1S/C23H17F5N4O3/c24-17-5-3-13(9-16(17)23(26,27)28)30-22(34)31-19-6-4-14(10-18(19)25)35-15-7-8-29-20(11-15)32-21(33)12-1-2-12/h3-12H,1-2H2,(H,29,32,33)(H2,30,31,34). The van der Waals surface area contributed by atoms with Gasteiger partial charge in [0.2, 0.25) is 5.91 Å². The number of benzene rings is 2. The van der Waals surface area contributed by atoms with Crippen LogP contribution in [-0.2, 0) is 11.0 Å². The number of aromatic nitrogens is 1. The number of rotatable bonds is 6. The van der Waals surface area contributed by atoms with Gasteiger partial charge in [0.15, 0.2) is 0 Å². The second kappa shape index (κ2) is 9.57. The summed E-state index contributed by atoms with van der Waals surface area (Å²) in [7, 11) is 0. The maximum Gasteiger partial charge on any atom is 0.419 e. The molecule has 2 aromatic carbocycles. The minimum Gasteiger partial charge on any atom is -0.457 e. The van der Waals surface area contributed by atoms with E-state index >= 15 is 0 Å². The van der Waals surface area contributed by atoms with Gasteiger partial charge in [-0.2, -0.15) is 13.2 Å². The quantitative estimate of drug-likeness (QED) is 0.359. The summed E-state index contributed by atoms with van der Waals surface area (Å²) in [6.07, 6.45) is -1.87. The summed E-state index contributed by atoms with van der Waals surface area (Å²) in [5.41, 5.74) is -2.16. The maximum atomic E-state index is 14.5. The van der Waals surface area contributed by atoms with Crippen molar-refractivity contribution in [3.63, 3.8) is 0 Å². The van der Waals surface area contributed by atoms with E-state index in [0.29, 0.717) is 12.1 Å². The van der Waals surface area contributed by atoms with E-state index in [2.05, 4.69) is 20.9 Å². The van der Waals surface area contributed by atoms with Crippen molar-refractivity contribution >= 4 is 29.1 Å². The highest BCUT2D eigenvalue weighted by Gasteiger charge is 2.34. The summed E-state index contributed by atoms with van der Waals surface area (Å²) in [5, 5.41) is 6.91. The molecule has 12 heteroatoms. The van der Waals surface area contributed by atoms with Crippen molar-refractivity contribution in [2.75, 3.05) is 16.0 Å². The molecule has 35 heavy (non-hydrogen) atoms. The molecule has 0 unspecified atom stereocenters. The summed E-state index contributed by atoms with van der Waals surface area (Å²) in [6, 6.07) is 7.38. The summed E-state index contributed by atoms with van der Waals surface area (Å²) in [4.78, 5) is 28.0. The number of urea groups is 1. The third kappa shape index (κ3) is 6.22. The first kappa shape index (κ1) is 23.9. The molecule has 0 spiro atoms. The minimum atomic E-state index is -4.95. The Bertz CT molecular complexity index is 1280. The Hall–Kier alpha value is -4.22. The van der Waals surface area contributed by atoms with Crippen LogP contribution in [0.2, 0.25) is 0 Å². The van der Waals surface area contributed by atoms with E-state index in [1.54, 1.807) is 0 Å². The van der Waals surface area contributed by atoms with Crippen molar-refractivity contribution in [3.05, 3.63) is 71.9 Å². The molecular weight excluding hydrogens is 475 g/mol. The van der Waals surface area contributed by atoms with Crippen LogP contribution in [0.4, 0.5) is 43.9 Å². The van der Waals surface area contributed by atoms with E-state index in [-0.39, 0.29) is 40.5 Å². The molecular formula is C23H17F5N4O3. The Morgan fingerprint density at radius 3 is 2.31 bits per heavy atom. The van der Waals surface area contributed by atoms with Crippen molar-refractivity contribution in [2.24, 2.45) is 5.92 Å². The molecule has 0 aliphatic heterocycles. The van der Waals surface area contributed by atoms with Gasteiger partial charge < -0.3 is 20.7 Å². The number of nitrogens with one attached hydrogen (secondary N) is 3. The second-order valence-electron chi connectivity index (χ2n) is 7.66. The molecule has 0 saturated heterocycles. The molecule has 1 aliphatic rings. The average Bonchev–Trinajstić information content (AvgIpc) is 3.62. The van der Waals surface area contributed by atoms with Crippen LogP contribution in [0.5, 0.6) is 11.5 Å². The molecule has 0 radical (unpaired) electrons. The molecule has 1 saturated carbocycles. The number of ether oxygens (including phenoxy) is 1. The zero-order valence-electron chi connectivity index (χ0n) is 17.7. The first-order valence-corrected chi connectivity index (χ1v) is 10.3. The lowest BCUT2D eigenvalue weighted by molar-refractivity contribution is -0.139. The lowest BCUT2D eigenvalue weighted by Gasteiger charge is -2.13. The van der Waals surface area contributed by atoms with Gasteiger partial charge in [0.05, 0.1) is 11.3 Å². The number of hydrogen-bond acceptors (Lipinski definition) is 4. The van der Waals surface area contributed by atoms with Crippen LogP contribution < -0.4 is 20.7 Å². The zero-order chi connectivity index (χ0) is 25.2. The Kier molecular flexibility index (Phi) is 6.54. The average molecular weight is 492 g/mol. The van der Waals surface area contributed by atoms with Crippen molar-refractivity contribution < 1.29 is 36.3 Å². The Labute approximate surface area is 195 Å². The van der Waals surface area contributed by atoms with E-state index in [1.807, 2.05) is 0 Å². The van der Waals surface area contributed by atoms with Crippen LogP contribution in [0.15, 0.2) is 54.7 Å². The molecule has 1 fully saturated rings. The Morgan fingerprint density at radius 2 is 1.63 bits per heavy atom. The summed E-state index contributed by atoms with van der Waals surface area (Å²) in [6.45, 7) is 0. The monoisotopic (exact) mass is 492 g/mol. The first-order chi connectivity index (χ1) is 16.6. The van der Waals surface area contributed by atoms with Crippen LogP contribution in [0.3, 0.4) is 0 Å². The van der Waals surface area contributed by atoms with Gasteiger partial charge in [-0.25, -0.2) is 18.6 Å². The van der Waals surface area contributed by atoms with Crippen molar-refractivity contribution in [2.45, 2.75) is 19.0 Å². The maximum absolute atomic E-state index is 14.5. The Morgan fingerprint density at radius 1 is 0.886 bits per heavy atom. The van der Waals surface area contributed by atoms with Crippen molar-refractivity contribution in [1.29, 1.82) is 0 Å². The van der Waals surface area contributed by atoms with Gasteiger partial charge in [-0.15, -0.1) is 0 Å². The van der Waals surface area contributed by atoms with Gasteiger partial charge in [0.1, 0.15) is 29.0 Å². The number of pyridine rings is 1. The smallest absolute Gasteiger partial charge is 0.419 e. The fourth-order valence-corrected chi connectivity index (χ4v) is 3.02. The van der Waals surface area contributed by atoms with Crippen molar-refractivity contribution in [3.8, 4) is 11.5 Å². The number of carbonyl (C=O) groups excluding carboxylic acids is 2. The van der Waals surface area contributed by atoms with Crippen LogP contribution in [0, 0.1) is 17.6 Å². The van der Waals surface area contributed by atoms with E-state index in [9.17, 15) is 31.5 Å².